The molecule has 0 aromatic rings. The van der Waals surface area contributed by atoms with E-state index in [4.69, 9.17) is 9.47 Å². The van der Waals surface area contributed by atoms with Gasteiger partial charge in [-0.05, 0) is 77.0 Å². The maximum Gasteiger partial charge on any atom is 0.332 e. The second-order valence-electron chi connectivity index (χ2n) is 12.7. The van der Waals surface area contributed by atoms with E-state index in [1.54, 1.807) is 0 Å². The zero-order chi connectivity index (χ0) is 34.5. The SMILES string of the molecule is CCCCC/C=C\C/C=C\CCCCCCCCOC(=O)[C@H](COC(=O)CCCCCCC/C=C\C/C=C\CCCCC)NC(C)=O. The van der Waals surface area contributed by atoms with Gasteiger partial charge in [0.2, 0.25) is 5.91 Å². The summed E-state index contributed by atoms with van der Waals surface area (Å²) >= 11 is 0. The lowest BCUT2D eigenvalue weighted by atomic mass is 10.1. The summed E-state index contributed by atoms with van der Waals surface area (Å²) in [5.41, 5.74) is 0. The third-order valence-corrected chi connectivity index (χ3v) is 7.99. The van der Waals surface area contributed by atoms with Crippen molar-refractivity contribution in [2.24, 2.45) is 0 Å². The summed E-state index contributed by atoms with van der Waals surface area (Å²) in [7, 11) is 0. The predicted octanol–water partition coefficient (Wildman–Crippen LogP) is 11.2. The molecule has 0 fully saturated rings. The fourth-order valence-corrected chi connectivity index (χ4v) is 5.11. The summed E-state index contributed by atoms with van der Waals surface area (Å²) < 4.78 is 10.7. The van der Waals surface area contributed by atoms with Gasteiger partial charge in [-0.2, -0.15) is 0 Å². The smallest absolute Gasteiger partial charge is 0.332 e. The first-order valence-electron chi connectivity index (χ1n) is 19.2. The first kappa shape index (κ1) is 44.4. The van der Waals surface area contributed by atoms with E-state index in [0.29, 0.717) is 13.0 Å². The zero-order valence-corrected chi connectivity index (χ0v) is 30.6. The molecule has 0 bridgehead atoms. The van der Waals surface area contributed by atoms with E-state index < -0.39 is 12.0 Å². The Balaban J connectivity index is 3.84. The normalized spacial score (nSPS) is 12.5. The van der Waals surface area contributed by atoms with Gasteiger partial charge < -0.3 is 14.8 Å². The van der Waals surface area contributed by atoms with E-state index in [-0.39, 0.29) is 18.5 Å². The van der Waals surface area contributed by atoms with Gasteiger partial charge in [-0.15, -0.1) is 0 Å². The highest BCUT2D eigenvalue weighted by Gasteiger charge is 2.23. The van der Waals surface area contributed by atoms with Crippen molar-refractivity contribution >= 4 is 17.8 Å². The van der Waals surface area contributed by atoms with Crippen molar-refractivity contribution in [3.63, 3.8) is 0 Å². The van der Waals surface area contributed by atoms with Crippen LogP contribution in [0.2, 0.25) is 0 Å². The lowest BCUT2D eigenvalue weighted by Crippen LogP contribution is -2.44. The molecule has 270 valence electrons. The fraction of sp³-hybridized carbons (Fsp3) is 0.732. The summed E-state index contributed by atoms with van der Waals surface area (Å²) in [5.74, 6) is -1.25. The molecule has 6 heteroatoms. The molecule has 0 aliphatic carbocycles. The number of unbranched alkanes of at least 4 members (excludes halogenated alkanes) is 17. The molecule has 0 aromatic carbocycles. The van der Waals surface area contributed by atoms with Gasteiger partial charge in [0, 0.05) is 13.3 Å². The van der Waals surface area contributed by atoms with Gasteiger partial charge in [0.1, 0.15) is 6.61 Å². The topological polar surface area (TPSA) is 81.7 Å². The molecule has 0 heterocycles. The van der Waals surface area contributed by atoms with Gasteiger partial charge in [-0.3, -0.25) is 9.59 Å². The molecular formula is C41H71NO5. The van der Waals surface area contributed by atoms with Crippen LogP contribution in [0.4, 0.5) is 0 Å². The Morgan fingerprint density at radius 3 is 1.43 bits per heavy atom. The number of hydrogen-bond donors (Lipinski definition) is 1. The summed E-state index contributed by atoms with van der Waals surface area (Å²) in [6.07, 6.45) is 44.6. The third-order valence-electron chi connectivity index (χ3n) is 7.99. The Morgan fingerprint density at radius 1 is 0.532 bits per heavy atom. The van der Waals surface area contributed by atoms with Crippen LogP contribution in [0.25, 0.3) is 0 Å². The van der Waals surface area contributed by atoms with Crippen LogP contribution in [-0.2, 0) is 23.9 Å². The van der Waals surface area contributed by atoms with Gasteiger partial charge in [0.25, 0.3) is 0 Å². The van der Waals surface area contributed by atoms with Crippen LogP contribution in [-0.4, -0.2) is 37.1 Å². The molecule has 0 aliphatic heterocycles. The van der Waals surface area contributed by atoms with Crippen molar-refractivity contribution in [1.82, 2.24) is 5.32 Å². The number of amides is 1. The molecule has 0 unspecified atom stereocenters. The quantitative estimate of drug-likeness (QED) is 0.0431. The molecule has 0 saturated heterocycles. The van der Waals surface area contributed by atoms with Crippen molar-refractivity contribution in [1.29, 1.82) is 0 Å². The molecule has 0 saturated carbocycles. The highest BCUT2D eigenvalue weighted by Crippen LogP contribution is 2.10. The minimum Gasteiger partial charge on any atom is -0.464 e. The van der Waals surface area contributed by atoms with Gasteiger partial charge in [0.05, 0.1) is 6.61 Å². The first-order valence-corrected chi connectivity index (χ1v) is 19.2. The van der Waals surface area contributed by atoms with E-state index >= 15 is 0 Å². The Hall–Kier alpha value is -2.63. The van der Waals surface area contributed by atoms with Crippen molar-refractivity contribution in [2.75, 3.05) is 13.2 Å². The zero-order valence-electron chi connectivity index (χ0n) is 30.6. The molecule has 0 spiro atoms. The van der Waals surface area contributed by atoms with E-state index in [9.17, 15) is 14.4 Å². The van der Waals surface area contributed by atoms with E-state index in [1.807, 2.05) is 0 Å². The number of ether oxygens (including phenoxy) is 2. The molecule has 1 atom stereocenters. The van der Waals surface area contributed by atoms with Crippen LogP contribution >= 0.6 is 0 Å². The lowest BCUT2D eigenvalue weighted by Gasteiger charge is -2.17. The van der Waals surface area contributed by atoms with E-state index in [1.165, 1.54) is 77.6 Å². The van der Waals surface area contributed by atoms with Crippen LogP contribution in [0.1, 0.15) is 175 Å². The number of hydrogen-bond acceptors (Lipinski definition) is 5. The summed E-state index contributed by atoms with van der Waals surface area (Å²) in [6, 6.07) is -0.967. The monoisotopic (exact) mass is 658 g/mol. The summed E-state index contributed by atoms with van der Waals surface area (Å²) in [5, 5.41) is 2.55. The minimum atomic E-state index is -0.967. The van der Waals surface area contributed by atoms with E-state index in [2.05, 4.69) is 67.8 Å². The standard InChI is InChI=1S/C41H71NO5/c1-4-6-8-10-12-14-16-18-20-22-24-26-28-30-32-34-36-46-41(45)39(42-38(3)43)37-47-40(44)35-33-31-29-27-25-23-21-19-17-15-13-11-9-7-5-2/h12-15,18-21,39H,4-11,16-17,22-37H2,1-3H3,(H,42,43)/b14-12-,15-13-,20-18-,21-19-/t39-/m0/s1. The average Bonchev–Trinajstić information content (AvgIpc) is 3.06. The van der Waals surface area contributed by atoms with Crippen molar-refractivity contribution in [3.8, 4) is 0 Å². The number of rotatable bonds is 33. The molecule has 0 aliphatic rings. The second kappa shape index (κ2) is 36.2. The molecule has 47 heavy (non-hydrogen) atoms. The maximum absolute atomic E-state index is 12.5. The molecule has 0 rings (SSSR count). The highest BCUT2D eigenvalue weighted by molar-refractivity contribution is 5.83. The van der Waals surface area contributed by atoms with Crippen LogP contribution in [0.5, 0.6) is 0 Å². The number of esters is 2. The molecule has 1 amide bonds. The van der Waals surface area contributed by atoms with Gasteiger partial charge in [-0.1, -0.05) is 133 Å². The van der Waals surface area contributed by atoms with Crippen LogP contribution in [0.15, 0.2) is 48.6 Å². The first-order chi connectivity index (χ1) is 23.0. The molecule has 6 nitrogen and oxygen atoms in total. The number of allylic oxidation sites excluding steroid dienone is 8. The third kappa shape index (κ3) is 34.5. The Labute approximate surface area is 289 Å². The van der Waals surface area contributed by atoms with Crippen molar-refractivity contribution in [3.05, 3.63) is 48.6 Å². The number of nitrogens with one attached hydrogen (secondary N) is 1. The van der Waals surface area contributed by atoms with Gasteiger partial charge in [0.15, 0.2) is 6.04 Å². The molecule has 0 radical (unpaired) electrons. The Morgan fingerprint density at radius 2 is 0.957 bits per heavy atom. The molecular weight excluding hydrogens is 586 g/mol. The molecule has 1 N–H and O–H groups in total. The van der Waals surface area contributed by atoms with Crippen LogP contribution < -0.4 is 5.32 Å². The number of carbonyl (C=O) groups excluding carboxylic acids is 3. The highest BCUT2D eigenvalue weighted by atomic mass is 16.6. The van der Waals surface area contributed by atoms with Crippen molar-refractivity contribution < 1.29 is 23.9 Å². The number of carbonyl (C=O) groups is 3. The average molecular weight is 658 g/mol. The second-order valence-corrected chi connectivity index (χ2v) is 12.7. The van der Waals surface area contributed by atoms with E-state index in [0.717, 1.165) is 77.0 Å². The fourth-order valence-electron chi connectivity index (χ4n) is 5.11. The summed E-state index contributed by atoms with van der Waals surface area (Å²) in [6.45, 7) is 5.92. The van der Waals surface area contributed by atoms with Crippen molar-refractivity contribution in [2.45, 2.75) is 181 Å². The van der Waals surface area contributed by atoms with Crippen LogP contribution in [0.3, 0.4) is 0 Å². The summed E-state index contributed by atoms with van der Waals surface area (Å²) in [4.78, 5) is 36.3. The predicted molar refractivity (Wildman–Crippen MR) is 198 cm³/mol. The lowest BCUT2D eigenvalue weighted by molar-refractivity contribution is -0.153. The molecule has 0 aromatic heterocycles. The van der Waals surface area contributed by atoms with Gasteiger partial charge in [-0.25, -0.2) is 4.79 Å². The Bertz CT molecular complexity index is 860. The van der Waals surface area contributed by atoms with Crippen LogP contribution in [0, 0.1) is 0 Å². The Kier molecular flexibility index (Phi) is 34.2. The van der Waals surface area contributed by atoms with Gasteiger partial charge >= 0.3 is 11.9 Å². The maximum atomic E-state index is 12.5. The minimum absolute atomic E-state index is 0.193. The largest absolute Gasteiger partial charge is 0.464 e.